The van der Waals surface area contributed by atoms with Gasteiger partial charge in [0.25, 0.3) is 0 Å². The van der Waals surface area contributed by atoms with Crippen molar-refractivity contribution in [1.82, 2.24) is 5.32 Å². The molecule has 2 rings (SSSR count). The molecule has 0 saturated carbocycles. The fraction of sp³-hybridized carbons (Fsp3) is 0.500. The van der Waals surface area contributed by atoms with Gasteiger partial charge in [-0.3, -0.25) is 0 Å². The molecule has 1 unspecified atom stereocenters. The molecule has 0 radical (unpaired) electrons. The summed E-state index contributed by atoms with van der Waals surface area (Å²) in [5.41, 5.74) is 0.589. The highest BCUT2D eigenvalue weighted by Gasteiger charge is 2.13. The van der Waals surface area contributed by atoms with Crippen molar-refractivity contribution in [2.24, 2.45) is 5.92 Å². The quantitative estimate of drug-likeness (QED) is 0.929. The van der Waals surface area contributed by atoms with Crippen LogP contribution in [0.3, 0.4) is 0 Å². The first-order valence-corrected chi connectivity index (χ1v) is 7.12. The van der Waals surface area contributed by atoms with E-state index < -0.39 is 0 Å². The zero-order valence-corrected chi connectivity index (χ0v) is 11.9. The molecule has 0 aliphatic carbocycles. The van der Waals surface area contributed by atoms with Crippen molar-refractivity contribution in [2.75, 3.05) is 19.7 Å². The Morgan fingerprint density at radius 3 is 3.11 bits per heavy atom. The van der Waals surface area contributed by atoms with Crippen LogP contribution in [0.5, 0.6) is 5.75 Å². The maximum Gasteiger partial charge on any atom is 0.137 e. The van der Waals surface area contributed by atoms with Crippen molar-refractivity contribution in [3.8, 4) is 11.8 Å². The van der Waals surface area contributed by atoms with E-state index in [0.717, 1.165) is 24.0 Å². The van der Waals surface area contributed by atoms with E-state index in [-0.39, 0.29) is 0 Å². The Morgan fingerprint density at radius 2 is 2.39 bits per heavy atom. The fourth-order valence-electron chi connectivity index (χ4n) is 2.22. The topological polar surface area (TPSA) is 45.0 Å². The number of hydrogen-bond acceptors (Lipinski definition) is 3. The number of nitriles is 1. The van der Waals surface area contributed by atoms with Crippen LogP contribution >= 0.6 is 15.9 Å². The Morgan fingerprint density at radius 1 is 1.50 bits per heavy atom. The Balaban J connectivity index is 1.84. The van der Waals surface area contributed by atoms with E-state index in [1.807, 2.05) is 12.1 Å². The molecule has 0 aromatic heterocycles. The summed E-state index contributed by atoms with van der Waals surface area (Å²) < 4.78 is 6.62. The van der Waals surface area contributed by atoms with Crippen LogP contribution in [0, 0.1) is 17.2 Å². The van der Waals surface area contributed by atoms with E-state index >= 15 is 0 Å². The Bertz CT molecular complexity index is 436. The minimum atomic E-state index is 0.589. The highest BCUT2D eigenvalue weighted by atomic mass is 79.9. The third-order valence-electron chi connectivity index (χ3n) is 3.24. The van der Waals surface area contributed by atoms with Crippen LogP contribution in [0.4, 0.5) is 0 Å². The maximum absolute atomic E-state index is 9.03. The van der Waals surface area contributed by atoms with Gasteiger partial charge >= 0.3 is 0 Å². The van der Waals surface area contributed by atoms with Crippen molar-refractivity contribution in [3.05, 3.63) is 28.2 Å². The van der Waals surface area contributed by atoms with Crippen LogP contribution in [-0.4, -0.2) is 19.7 Å². The van der Waals surface area contributed by atoms with Gasteiger partial charge in [0, 0.05) is 4.47 Å². The molecular weight excluding hydrogens is 292 g/mol. The molecule has 1 aliphatic rings. The average Bonchev–Trinajstić information content (AvgIpc) is 2.41. The van der Waals surface area contributed by atoms with E-state index in [0.29, 0.717) is 23.8 Å². The third kappa shape index (κ3) is 3.72. The van der Waals surface area contributed by atoms with Gasteiger partial charge < -0.3 is 10.1 Å². The van der Waals surface area contributed by atoms with Crippen LogP contribution in [0.1, 0.15) is 24.8 Å². The van der Waals surface area contributed by atoms with Gasteiger partial charge in [0.05, 0.1) is 12.2 Å². The molecule has 1 heterocycles. The first kappa shape index (κ1) is 13.4. The molecule has 1 aliphatic heterocycles. The SMILES string of the molecule is N#Cc1cc(Br)ccc1OCCC1CCCNC1. The van der Waals surface area contributed by atoms with E-state index in [1.165, 1.54) is 12.8 Å². The highest BCUT2D eigenvalue weighted by Crippen LogP contribution is 2.23. The number of hydrogen-bond donors (Lipinski definition) is 1. The number of piperidine rings is 1. The molecule has 18 heavy (non-hydrogen) atoms. The molecule has 0 spiro atoms. The molecule has 1 saturated heterocycles. The van der Waals surface area contributed by atoms with Crippen LogP contribution in [0.2, 0.25) is 0 Å². The largest absolute Gasteiger partial charge is 0.492 e. The molecule has 1 fully saturated rings. The standard InChI is InChI=1S/C14H17BrN2O/c15-13-3-4-14(12(8-13)9-16)18-7-5-11-2-1-6-17-10-11/h3-4,8,11,17H,1-2,5-7,10H2. The predicted molar refractivity (Wildman–Crippen MR) is 74.6 cm³/mol. The number of benzene rings is 1. The van der Waals surface area contributed by atoms with Gasteiger partial charge in [-0.05, 0) is 56.5 Å². The molecule has 1 aromatic rings. The summed E-state index contributed by atoms with van der Waals surface area (Å²) in [4.78, 5) is 0. The number of rotatable bonds is 4. The predicted octanol–water partition coefficient (Wildman–Crippen LogP) is 3.09. The number of nitrogens with zero attached hydrogens (tertiary/aromatic N) is 1. The first-order chi connectivity index (χ1) is 8.79. The Hall–Kier alpha value is -1.05. The molecule has 1 atom stereocenters. The second-order valence-electron chi connectivity index (χ2n) is 4.60. The summed E-state index contributed by atoms with van der Waals surface area (Å²) in [6.07, 6.45) is 3.59. The summed E-state index contributed by atoms with van der Waals surface area (Å²) in [6.45, 7) is 2.92. The smallest absolute Gasteiger partial charge is 0.137 e. The van der Waals surface area contributed by atoms with Gasteiger partial charge in [0.1, 0.15) is 11.8 Å². The first-order valence-electron chi connectivity index (χ1n) is 6.33. The summed E-state index contributed by atoms with van der Waals surface area (Å²) in [6, 6.07) is 7.70. The summed E-state index contributed by atoms with van der Waals surface area (Å²) in [5.74, 6) is 1.39. The number of ether oxygens (including phenoxy) is 1. The monoisotopic (exact) mass is 308 g/mol. The molecule has 1 N–H and O–H groups in total. The van der Waals surface area contributed by atoms with Gasteiger partial charge in [-0.25, -0.2) is 0 Å². The second kappa shape index (κ2) is 6.77. The van der Waals surface area contributed by atoms with E-state index in [9.17, 15) is 0 Å². The summed E-state index contributed by atoms with van der Waals surface area (Å²) >= 11 is 3.35. The van der Waals surface area contributed by atoms with Crippen molar-refractivity contribution in [1.29, 1.82) is 5.26 Å². The second-order valence-corrected chi connectivity index (χ2v) is 5.52. The van der Waals surface area contributed by atoms with E-state index in [2.05, 4.69) is 27.3 Å². The maximum atomic E-state index is 9.03. The molecular formula is C14H17BrN2O. The van der Waals surface area contributed by atoms with Crippen LogP contribution < -0.4 is 10.1 Å². The van der Waals surface area contributed by atoms with Crippen LogP contribution in [0.15, 0.2) is 22.7 Å². The zero-order chi connectivity index (χ0) is 12.8. The summed E-state index contributed by atoms with van der Waals surface area (Å²) in [7, 11) is 0. The van der Waals surface area contributed by atoms with Crippen molar-refractivity contribution in [3.63, 3.8) is 0 Å². The molecule has 1 aromatic carbocycles. The average molecular weight is 309 g/mol. The van der Waals surface area contributed by atoms with Crippen molar-refractivity contribution >= 4 is 15.9 Å². The van der Waals surface area contributed by atoms with Crippen LogP contribution in [-0.2, 0) is 0 Å². The van der Waals surface area contributed by atoms with Crippen LogP contribution in [0.25, 0.3) is 0 Å². The lowest BCUT2D eigenvalue weighted by molar-refractivity contribution is 0.253. The van der Waals surface area contributed by atoms with Gasteiger partial charge in [0.2, 0.25) is 0 Å². The van der Waals surface area contributed by atoms with E-state index in [1.54, 1.807) is 6.07 Å². The molecule has 96 valence electrons. The van der Waals surface area contributed by atoms with E-state index in [4.69, 9.17) is 10.00 Å². The molecule has 4 heteroatoms. The van der Waals surface area contributed by atoms with Gasteiger partial charge in [-0.1, -0.05) is 15.9 Å². The fourth-order valence-corrected chi connectivity index (χ4v) is 2.58. The number of halogens is 1. The van der Waals surface area contributed by atoms with Crippen molar-refractivity contribution < 1.29 is 4.74 Å². The van der Waals surface area contributed by atoms with Gasteiger partial charge in [0.15, 0.2) is 0 Å². The zero-order valence-electron chi connectivity index (χ0n) is 10.3. The number of nitrogens with one attached hydrogen (secondary N) is 1. The lowest BCUT2D eigenvalue weighted by Gasteiger charge is -2.22. The summed E-state index contributed by atoms with van der Waals surface area (Å²) in [5, 5.41) is 12.4. The third-order valence-corrected chi connectivity index (χ3v) is 3.74. The Kier molecular flexibility index (Phi) is 5.03. The molecule has 0 amide bonds. The van der Waals surface area contributed by atoms with Gasteiger partial charge in [-0.2, -0.15) is 5.26 Å². The van der Waals surface area contributed by atoms with Crippen molar-refractivity contribution in [2.45, 2.75) is 19.3 Å². The minimum Gasteiger partial charge on any atom is -0.492 e. The lowest BCUT2D eigenvalue weighted by Crippen LogP contribution is -2.30. The highest BCUT2D eigenvalue weighted by molar-refractivity contribution is 9.10. The minimum absolute atomic E-state index is 0.589. The lowest BCUT2D eigenvalue weighted by atomic mass is 9.97. The van der Waals surface area contributed by atoms with Gasteiger partial charge in [-0.15, -0.1) is 0 Å². The molecule has 0 bridgehead atoms. The molecule has 3 nitrogen and oxygen atoms in total. The normalized spacial score (nSPS) is 19.2. The Labute approximate surface area is 116 Å².